The predicted molar refractivity (Wildman–Crippen MR) is 109 cm³/mol. The van der Waals surface area contributed by atoms with Crippen LogP contribution in [0.4, 0.5) is 0 Å². The third kappa shape index (κ3) is 3.33. The number of amides is 1. The summed E-state index contributed by atoms with van der Waals surface area (Å²) in [6.45, 7) is 1.77. The minimum absolute atomic E-state index is 0.00243. The molecule has 2 aliphatic heterocycles. The fraction of sp³-hybridized carbons (Fsp3) is 0.421. The number of H-pyrrole nitrogens is 1. The first-order valence-corrected chi connectivity index (χ1v) is 10.3. The molecule has 0 aliphatic carbocycles. The van der Waals surface area contributed by atoms with E-state index in [0.29, 0.717) is 26.8 Å². The summed E-state index contributed by atoms with van der Waals surface area (Å²) in [6, 6.07) is 3.18. The molecule has 0 bridgehead atoms. The zero-order valence-electron chi connectivity index (χ0n) is 14.9. The molecule has 1 aromatic heterocycles. The van der Waals surface area contributed by atoms with E-state index in [9.17, 15) is 14.4 Å². The molecule has 0 radical (unpaired) electrons. The molecule has 2 fully saturated rings. The number of ether oxygens (including phenoxy) is 1. The van der Waals surface area contributed by atoms with Crippen molar-refractivity contribution in [3.63, 3.8) is 0 Å². The van der Waals surface area contributed by atoms with Crippen molar-refractivity contribution in [3.8, 4) is 0 Å². The summed E-state index contributed by atoms with van der Waals surface area (Å²) in [4.78, 5) is 40.5. The number of carbonyl (C=O) groups is 2. The van der Waals surface area contributed by atoms with Crippen molar-refractivity contribution in [2.24, 2.45) is 5.41 Å². The van der Waals surface area contributed by atoms with Crippen LogP contribution >= 0.6 is 27.5 Å². The molecule has 1 atom stereocenters. The number of rotatable bonds is 3. The number of piperidine rings is 1. The van der Waals surface area contributed by atoms with Gasteiger partial charge in [0.25, 0.3) is 5.91 Å². The first kappa shape index (κ1) is 19.4. The number of aromatic amines is 1. The third-order valence-corrected chi connectivity index (χ3v) is 6.93. The maximum absolute atomic E-state index is 12.7. The summed E-state index contributed by atoms with van der Waals surface area (Å²) in [5.41, 5.74) is -0.289. The van der Waals surface area contributed by atoms with E-state index in [0.717, 1.165) is 25.9 Å². The van der Waals surface area contributed by atoms with E-state index in [1.54, 1.807) is 12.1 Å². The molecule has 28 heavy (non-hydrogen) atoms. The summed E-state index contributed by atoms with van der Waals surface area (Å²) in [7, 11) is 0. The Bertz CT molecular complexity index is 1020. The number of carbonyl (C=O) groups excluding carboxylic acids is 2. The highest BCUT2D eigenvalue weighted by Crippen LogP contribution is 2.41. The number of halogens is 2. The smallest absolute Gasteiger partial charge is 0.312 e. The van der Waals surface area contributed by atoms with Crippen molar-refractivity contribution in [3.05, 3.63) is 43.6 Å². The van der Waals surface area contributed by atoms with Gasteiger partial charge in [0.15, 0.2) is 0 Å². The van der Waals surface area contributed by atoms with Crippen LogP contribution in [0.5, 0.6) is 0 Å². The Balaban J connectivity index is 1.47. The fourth-order valence-electron chi connectivity index (χ4n) is 3.97. The van der Waals surface area contributed by atoms with E-state index >= 15 is 0 Å². The first-order valence-electron chi connectivity index (χ1n) is 9.11. The second-order valence-corrected chi connectivity index (χ2v) is 8.49. The van der Waals surface area contributed by atoms with Crippen LogP contribution in [0.2, 0.25) is 5.02 Å². The summed E-state index contributed by atoms with van der Waals surface area (Å²) >= 11 is 9.38. The SMILES string of the molecule is O=C(NCC1CC2(CCNCC2)C(=O)O1)c1c[nH]c2c(Br)c(Cl)ccc2c1=O. The summed E-state index contributed by atoms with van der Waals surface area (Å²) in [5.74, 6) is -0.685. The van der Waals surface area contributed by atoms with Crippen molar-refractivity contribution in [2.75, 3.05) is 19.6 Å². The van der Waals surface area contributed by atoms with Crippen molar-refractivity contribution < 1.29 is 14.3 Å². The second-order valence-electron chi connectivity index (χ2n) is 7.29. The molecule has 2 saturated heterocycles. The van der Waals surface area contributed by atoms with Gasteiger partial charge in [-0.25, -0.2) is 0 Å². The van der Waals surface area contributed by atoms with Crippen LogP contribution in [0.1, 0.15) is 29.6 Å². The van der Waals surface area contributed by atoms with Crippen molar-refractivity contribution in [1.82, 2.24) is 15.6 Å². The molecule has 0 saturated carbocycles. The van der Waals surface area contributed by atoms with Crippen molar-refractivity contribution >= 4 is 50.3 Å². The number of hydrogen-bond donors (Lipinski definition) is 3. The molecular weight excluding hydrogens is 450 g/mol. The van der Waals surface area contributed by atoms with Gasteiger partial charge in [-0.15, -0.1) is 0 Å². The molecule has 7 nitrogen and oxygen atoms in total. The minimum Gasteiger partial charge on any atom is -0.460 e. The molecule has 1 amide bonds. The Morgan fingerprint density at radius 3 is 2.82 bits per heavy atom. The topological polar surface area (TPSA) is 100 Å². The van der Waals surface area contributed by atoms with E-state index < -0.39 is 11.3 Å². The Labute approximate surface area is 174 Å². The number of aromatic nitrogens is 1. The fourth-order valence-corrected chi connectivity index (χ4v) is 4.59. The lowest BCUT2D eigenvalue weighted by atomic mass is 9.76. The molecule has 1 spiro atoms. The van der Waals surface area contributed by atoms with Gasteiger partial charge in [-0.1, -0.05) is 11.6 Å². The summed E-state index contributed by atoms with van der Waals surface area (Å²) < 4.78 is 6.05. The molecular formula is C19H19BrClN3O4. The number of hydrogen-bond acceptors (Lipinski definition) is 5. The molecule has 148 valence electrons. The van der Waals surface area contributed by atoms with Crippen LogP contribution in [-0.4, -0.2) is 42.6 Å². The Hall–Kier alpha value is -1.90. The van der Waals surface area contributed by atoms with Gasteiger partial charge in [-0.3, -0.25) is 14.4 Å². The minimum atomic E-state index is -0.503. The molecule has 2 aromatic rings. The standard InChI is InChI=1S/C19H19BrClN3O4/c20-14-13(21)2-1-11-15(14)23-9-12(16(11)25)17(26)24-8-10-7-19(18(27)28-10)3-5-22-6-4-19/h1-2,9-10,22H,3-8H2,(H,23,25)(H,24,26). The average Bonchev–Trinajstić information content (AvgIpc) is 2.98. The molecule has 1 unspecified atom stereocenters. The van der Waals surface area contributed by atoms with Crippen molar-refractivity contribution in [1.29, 1.82) is 0 Å². The van der Waals surface area contributed by atoms with Crippen LogP contribution < -0.4 is 16.1 Å². The summed E-state index contributed by atoms with van der Waals surface area (Å²) in [5, 5.41) is 6.80. The Kier molecular flexibility index (Phi) is 5.20. The Morgan fingerprint density at radius 2 is 2.07 bits per heavy atom. The van der Waals surface area contributed by atoms with Gasteiger partial charge in [-0.2, -0.15) is 0 Å². The number of benzene rings is 1. The number of cyclic esters (lactones) is 1. The monoisotopic (exact) mass is 467 g/mol. The molecule has 1 aromatic carbocycles. The van der Waals surface area contributed by atoms with Crippen LogP contribution in [0.15, 0.2) is 27.6 Å². The lowest BCUT2D eigenvalue weighted by Gasteiger charge is -2.29. The van der Waals surface area contributed by atoms with Crippen LogP contribution in [-0.2, 0) is 9.53 Å². The van der Waals surface area contributed by atoms with Gasteiger partial charge in [0, 0.05) is 18.0 Å². The number of esters is 1. The first-order chi connectivity index (χ1) is 13.4. The normalized spacial score (nSPS) is 21.1. The van der Waals surface area contributed by atoms with Gasteiger partial charge >= 0.3 is 5.97 Å². The molecule has 9 heteroatoms. The van der Waals surface area contributed by atoms with Gasteiger partial charge < -0.3 is 20.4 Å². The Morgan fingerprint density at radius 1 is 1.32 bits per heavy atom. The van der Waals surface area contributed by atoms with E-state index in [2.05, 4.69) is 31.5 Å². The number of fused-ring (bicyclic) bond motifs is 1. The van der Waals surface area contributed by atoms with Crippen LogP contribution in [0, 0.1) is 5.41 Å². The average molecular weight is 469 g/mol. The highest BCUT2D eigenvalue weighted by Gasteiger charge is 2.49. The zero-order chi connectivity index (χ0) is 19.9. The van der Waals surface area contributed by atoms with E-state index in [1.165, 1.54) is 6.20 Å². The predicted octanol–water partition coefficient (Wildman–Crippen LogP) is 2.36. The largest absolute Gasteiger partial charge is 0.460 e. The maximum atomic E-state index is 12.7. The van der Waals surface area contributed by atoms with Crippen LogP contribution in [0.25, 0.3) is 10.9 Å². The molecule has 2 aliphatic rings. The number of pyridine rings is 1. The molecule has 4 rings (SSSR count). The lowest BCUT2D eigenvalue weighted by Crippen LogP contribution is -2.40. The second kappa shape index (κ2) is 7.50. The highest BCUT2D eigenvalue weighted by molar-refractivity contribution is 9.10. The van der Waals surface area contributed by atoms with Crippen molar-refractivity contribution in [2.45, 2.75) is 25.4 Å². The van der Waals surface area contributed by atoms with E-state index in [4.69, 9.17) is 16.3 Å². The highest BCUT2D eigenvalue weighted by atomic mass is 79.9. The van der Waals surface area contributed by atoms with Crippen LogP contribution in [0.3, 0.4) is 0 Å². The summed E-state index contributed by atoms with van der Waals surface area (Å²) in [6.07, 6.45) is 3.08. The third-order valence-electron chi connectivity index (χ3n) is 5.57. The van der Waals surface area contributed by atoms with Gasteiger partial charge in [-0.05, 0) is 54.0 Å². The van der Waals surface area contributed by atoms with Gasteiger partial charge in [0.1, 0.15) is 11.7 Å². The maximum Gasteiger partial charge on any atom is 0.312 e. The van der Waals surface area contributed by atoms with Gasteiger partial charge in [0.05, 0.1) is 27.0 Å². The van der Waals surface area contributed by atoms with E-state index in [-0.39, 0.29) is 29.6 Å². The van der Waals surface area contributed by atoms with E-state index in [1.807, 2.05) is 0 Å². The number of nitrogens with one attached hydrogen (secondary N) is 3. The lowest BCUT2D eigenvalue weighted by molar-refractivity contribution is -0.149. The zero-order valence-corrected chi connectivity index (χ0v) is 17.3. The molecule has 3 N–H and O–H groups in total. The quantitative estimate of drug-likeness (QED) is 0.601. The molecule has 3 heterocycles. The van der Waals surface area contributed by atoms with Gasteiger partial charge in [0.2, 0.25) is 5.43 Å².